The standard InChI is InChI=1S/C18H15Cl2F3N2O4/c1-24-16(26)15(25-27-2)13-5-3-4-6-14(13)17(19,20)28-11-7-9-12(10-8-11)29-18(21,22)23/h3-10H,1-2H3,(H,24,26)/b25-15+. The van der Waals surface area contributed by atoms with Gasteiger partial charge in [0.15, 0.2) is 5.71 Å². The minimum Gasteiger partial charge on any atom is -0.454 e. The van der Waals surface area contributed by atoms with E-state index in [-0.39, 0.29) is 22.6 Å². The van der Waals surface area contributed by atoms with Crippen LogP contribution in [0.15, 0.2) is 53.7 Å². The maximum atomic E-state index is 12.3. The number of ether oxygens (including phenoxy) is 2. The molecular formula is C18H15Cl2F3N2O4. The van der Waals surface area contributed by atoms with E-state index in [4.69, 9.17) is 32.8 Å². The first-order chi connectivity index (χ1) is 13.6. The zero-order valence-corrected chi connectivity index (χ0v) is 16.6. The van der Waals surface area contributed by atoms with Gasteiger partial charge in [0.25, 0.3) is 10.4 Å². The summed E-state index contributed by atoms with van der Waals surface area (Å²) >= 11 is 12.7. The fourth-order valence-electron chi connectivity index (χ4n) is 2.28. The minimum atomic E-state index is -4.82. The second-order valence-electron chi connectivity index (χ2n) is 5.39. The summed E-state index contributed by atoms with van der Waals surface area (Å²) in [4.78, 5) is 16.9. The Hall–Kier alpha value is -2.65. The van der Waals surface area contributed by atoms with E-state index in [0.29, 0.717) is 0 Å². The van der Waals surface area contributed by atoms with Gasteiger partial charge in [-0.15, -0.1) is 13.2 Å². The summed E-state index contributed by atoms with van der Waals surface area (Å²) in [5, 5.41) is 6.12. The number of carbonyl (C=O) groups is 1. The number of hydrogen-bond donors (Lipinski definition) is 1. The molecule has 0 saturated heterocycles. The number of benzene rings is 2. The van der Waals surface area contributed by atoms with Crippen molar-refractivity contribution in [2.75, 3.05) is 14.2 Å². The Morgan fingerprint density at radius 3 is 2.07 bits per heavy atom. The third-order valence-corrected chi connectivity index (χ3v) is 3.99. The largest absolute Gasteiger partial charge is 0.573 e. The maximum Gasteiger partial charge on any atom is 0.573 e. The lowest BCUT2D eigenvalue weighted by Crippen LogP contribution is -2.31. The van der Waals surface area contributed by atoms with Gasteiger partial charge in [0.2, 0.25) is 0 Å². The van der Waals surface area contributed by atoms with Crippen molar-refractivity contribution in [3.05, 3.63) is 59.7 Å². The Morgan fingerprint density at radius 2 is 1.55 bits per heavy atom. The first-order valence-electron chi connectivity index (χ1n) is 7.93. The van der Waals surface area contributed by atoms with Gasteiger partial charge in [-0.05, 0) is 24.3 Å². The van der Waals surface area contributed by atoms with Crippen LogP contribution in [0.4, 0.5) is 13.2 Å². The predicted molar refractivity (Wildman–Crippen MR) is 101 cm³/mol. The molecule has 1 amide bonds. The molecule has 2 aromatic rings. The van der Waals surface area contributed by atoms with Crippen LogP contribution in [0, 0.1) is 0 Å². The van der Waals surface area contributed by atoms with Gasteiger partial charge in [-0.3, -0.25) is 4.79 Å². The molecule has 0 spiro atoms. The van der Waals surface area contributed by atoms with Gasteiger partial charge >= 0.3 is 6.36 Å². The minimum absolute atomic E-state index is 0.0597. The van der Waals surface area contributed by atoms with Crippen LogP contribution in [0.3, 0.4) is 0 Å². The average Bonchev–Trinajstić information content (AvgIpc) is 2.66. The molecule has 0 aliphatic heterocycles. The number of nitrogens with one attached hydrogen (secondary N) is 1. The van der Waals surface area contributed by atoms with E-state index in [9.17, 15) is 18.0 Å². The number of nitrogens with zero attached hydrogens (tertiary/aromatic N) is 1. The molecule has 156 valence electrons. The Balaban J connectivity index is 2.34. The van der Waals surface area contributed by atoms with Crippen molar-refractivity contribution in [2.24, 2.45) is 5.16 Å². The van der Waals surface area contributed by atoms with Gasteiger partial charge < -0.3 is 19.6 Å². The third-order valence-electron chi connectivity index (χ3n) is 3.42. The Labute approximate surface area is 174 Å². The highest BCUT2D eigenvalue weighted by molar-refractivity contribution is 6.49. The quantitative estimate of drug-likeness (QED) is 0.386. The highest BCUT2D eigenvalue weighted by atomic mass is 35.5. The molecule has 0 radical (unpaired) electrons. The maximum absolute atomic E-state index is 12.3. The highest BCUT2D eigenvalue weighted by Gasteiger charge is 2.35. The highest BCUT2D eigenvalue weighted by Crippen LogP contribution is 2.39. The number of hydrogen-bond acceptors (Lipinski definition) is 5. The van der Waals surface area contributed by atoms with Crippen LogP contribution in [0.2, 0.25) is 0 Å². The third kappa shape index (κ3) is 6.16. The number of likely N-dealkylation sites (N-methyl/N-ethyl adjacent to an activating group) is 1. The van der Waals surface area contributed by atoms with Gasteiger partial charge in [0, 0.05) is 18.2 Å². The first-order valence-corrected chi connectivity index (χ1v) is 8.68. The normalized spacial score (nSPS) is 12.3. The van der Waals surface area contributed by atoms with Crippen molar-refractivity contribution in [3.8, 4) is 11.5 Å². The zero-order chi connectivity index (χ0) is 21.7. The lowest BCUT2D eigenvalue weighted by molar-refractivity contribution is -0.274. The number of halogens is 5. The second-order valence-corrected chi connectivity index (χ2v) is 6.64. The van der Waals surface area contributed by atoms with Crippen LogP contribution in [0.25, 0.3) is 0 Å². The molecule has 2 aromatic carbocycles. The van der Waals surface area contributed by atoms with E-state index in [2.05, 4.69) is 15.2 Å². The number of alkyl halides is 5. The van der Waals surface area contributed by atoms with E-state index in [1.807, 2.05) is 0 Å². The Bertz CT molecular complexity index is 887. The second kappa shape index (κ2) is 9.23. The molecule has 6 nitrogen and oxygen atoms in total. The molecule has 0 bridgehead atoms. The fourth-order valence-corrected chi connectivity index (χ4v) is 2.79. The zero-order valence-electron chi connectivity index (χ0n) is 15.1. The molecule has 29 heavy (non-hydrogen) atoms. The summed E-state index contributed by atoms with van der Waals surface area (Å²) in [6.07, 6.45) is -4.82. The van der Waals surface area contributed by atoms with E-state index >= 15 is 0 Å². The first kappa shape index (κ1) is 22.6. The predicted octanol–water partition coefficient (Wildman–Crippen LogP) is 4.35. The number of oxime groups is 1. The smallest absolute Gasteiger partial charge is 0.454 e. The van der Waals surface area contributed by atoms with Gasteiger partial charge in [0.05, 0.1) is 0 Å². The lowest BCUT2D eigenvalue weighted by atomic mass is 10.0. The van der Waals surface area contributed by atoms with Gasteiger partial charge in [0.1, 0.15) is 18.6 Å². The van der Waals surface area contributed by atoms with Crippen molar-refractivity contribution in [2.45, 2.75) is 10.9 Å². The van der Waals surface area contributed by atoms with E-state index in [0.717, 1.165) is 12.1 Å². The summed E-state index contributed by atoms with van der Waals surface area (Å²) in [7, 11) is 2.67. The molecule has 11 heteroatoms. The van der Waals surface area contributed by atoms with Crippen LogP contribution < -0.4 is 14.8 Å². The molecular weight excluding hydrogens is 436 g/mol. The van der Waals surface area contributed by atoms with Crippen molar-refractivity contribution in [3.63, 3.8) is 0 Å². The van der Waals surface area contributed by atoms with Crippen LogP contribution >= 0.6 is 23.2 Å². The summed E-state index contributed by atoms with van der Waals surface area (Å²) in [6, 6.07) is 10.8. The van der Waals surface area contributed by atoms with Crippen molar-refractivity contribution in [1.29, 1.82) is 0 Å². The topological polar surface area (TPSA) is 69.2 Å². The van der Waals surface area contributed by atoms with Crippen LogP contribution in [0.5, 0.6) is 11.5 Å². The van der Waals surface area contributed by atoms with Crippen molar-refractivity contribution in [1.82, 2.24) is 5.32 Å². The number of amides is 1. The van der Waals surface area contributed by atoms with E-state index < -0.39 is 22.5 Å². The molecule has 0 atom stereocenters. The molecule has 0 fully saturated rings. The number of rotatable bonds is 7. The van der Waals surface area contributed by atoms with E-state index in [1.54, 1.807) is 12.1 Å². The Kier molecular flexibility index (Phi) is 7.21. The van der Waals surface area contributed by atoms with Gasteiger partial charge in [-0.25, -0.2) is 0 Å². The van der Waals surface area contributed by atoms with Crippen LogP contribution in [-0.4, -0.2) is 32.1 Å². The molecule has 0 aliphatic rings. The summed E-state index contributed by atoms with van der Waals surface area (Å²) < 4.78 is 44.1. The monoisotopic (exact) mass is 450 g/mol. The average molecular weight is 451 g/mol. The Morgan fingerprint density at radius 1 is 1.00 bits per heavy atom. The fraction of sp³-hybridized carbons (Fsp3) is 0.222. The van der Waals surface area contributed by atoms with Gasteiger partial charge in [-0.1, -0.05) is 52.6 Å². The molecule has 1 N–H and O–H groups in total. The number of carbonyl (C=O) groups excluding carboxylic acids is 1. The summed E-state index contributed by atoms with van der Waals surface area (Å²) in [5.74, 6) is -0.935. The molecule has 0 unspecified atom stereocenters. The molecule has 0 aliphatic carbocycles. The molecule has 0 saturated carbocycles. The van der Waals surface area contributed by atoms with Crippen LogP contribution in [-0.2, 0) is 14.2 Å². The SMILES string of the molecule is CNC(=O)/C(=N/OC)c1ccccc1C(Cl)(Cl)Oc1ccc(OC(F)(F)F)cc1. The van der Waals surface area contributed by atoms with Gasteiger partial charge in [-0.2, -0.15) is 0 Å². The molecule has 2 rings (SSSR count). The van der Waals surface area contributed by atoms with E-state index in [1.165, 1.54) is 38.4 Å². The summed E-state index contributed by atoms with van der Waals surface area (Å²) in [6.45, 7) is 0. The molecule has 0 aromatic heterocycles. The molecule has 0 heterocycles. The van der Waals surface area contributed by atoms with Crippen molar-refractivity contribution < 1.29 is 32.3 Å². The summed E-state index contributed by atoms with van der Waals surface area (Å²) in [5.41, 5.74) is 0.294. The lowest BCUT2D eigenvalue weighted by Gasteiger charge is -2.24. The van der Waals surface area contributed by atoms with Crippen LogP contribution in [0.1, 0.15) is 11.1 Å². The van der Waals surface area contributed by atoms with Crippen molar-refractivity contribution >= 4 is 34.8 Å².